The Morgan fingerprint density at radius 1 is 1.50 bits per heavy atom. The third-order valence-electron chi connectivity index (χ3n) is 3.80. The van der Waals surface area contributed by atoms with Crippen molar-refractivity contribution < 1.29 is 4.92 Å². The van der Waals surface area contributed by atoms with E-state index < -0.39 is 4.92 Å². The van der Waals surface area contributed by atoms with Crippen LogP contribution in [0.15, 0.2) is 30.7 Å². The van der Waals surface area contributed by atoms with Gasteiger partial charge >= 0.3 is 5.69 Å². The third-order valence-corrected chi connectivity index (χ3v) is 3.80. The van der Waals surface area contributed by atoms with E-state index in [9.17, 15) is 10.1 Å². The van der Waals surface area contributed by atoms with Gasteiger partial charge in [0.25, 0.3) is 0 Å². The van der Waals surface area contributed by atoms with Gasteiger partial charge in [0.05, 0.1) is 16.8 Å². The number of rotatable bonds is 4. The van der Waals surface area contributed by atoms with Crippen molar-refractivity contribution in [3.63, 3.8) is 0 Å². The van der Waals surface area contributed by atoms with Crippen LogP contribution in [0.5, 0.6) is 0 Å². The minimum Gasteiger partial charge on any atom is -0.367 e. The zero-order valence-electron chi connectivity index (χ0n) is 12.3. The number of aryl methyl sites for hydroxylation is 1. The first-order chi connectivity index (χ1) is 10.6. The summed E-state index contributed by atoms with van der Waals surface area (Å²) in [6.07, 6.45) is 7.37. The molecule has 2 aromatic rings. The van der Waals surface area contributed by atoms with Gasteiger partial charge in [0.1, 0.15) is 0 Å². The summed E-state index contributed by atoms with van der Waals surface area (Å²) < 4.78 is 1.77. The van der Waals surface area contributed by atoms with Crippen LogP contribution in [0.25, 0.3) is 0 Å². The Labute approximate surface area is 127 Å². The van der Waals surface area contributed by atoms with Crippen LogP contribution in [-0.2, 0) is 7.05 Å². The molecule has 116 valence electrons. The van der Waals surface area contributed by atoms with Gasteiger partial charge in [-0.2, -0.15) is 5.10 Å². The van der Waals surface area contributed by atoms with Gasteiger partial charge in [-0.15, -0.1) is 0 Å². The first-order valence-electron chi connectivity index (χ1n) is 7.23. The lowest BCUT2D eigenvalue weighted by Gasteiger charge is -2.33. The number of anilines is 2. The van der Waals surface area contributed by atoms with E-state index in [1.165, 1.54) is 6.07 Å². The highest BCUT2D eigenvalue weighted by Gasteiger charge is 2.24. The van der Waals surface area contributed by atoms with Crippen LogP contribution in [-0.4, -0.2) is 38.8 Å². The summed E-state index contributed by atoms with van der Waals surface area (Å²) in [6, 6.07) is 3.17. The first kappa shape index (κ1) is 14.3. The Morgan fingerprint density at radius 3 is 3.09 bits per heavy atom. The molecule has 0 radical (unpaired) electrons. The maximum Gasteiger partial charge on any atom is 0.311 e. The van der Waals surface area contributed by atoms with Crippen molar-refractivity contribution in [1.82, 2.24) is 14.8 Å². The number of nitrogens with zero attached hydrogens (tertiary/aromatic N) is 5. The zero-order valence-corrected chi connectivity index (χ0v) is 12.3. The Morgan fingerprint density at radius 2 is 2.36 bits per heavy atom. The Bertz CT molecular complexity index is 671. The Kier molecular flexibility index (Phi) is 3.90. The Balaban J connectivity index is 1.72. The smallest absolute Gasteiger partial charge is 0.311 e. The van der Waals surface area contributed by atoms with Crippen LogP contribution in [0.1, 0.15) is 12.8 Å². The SMILES string of the molecule is Cn1cc(N2CCC[C@@H](Nc3ncccc3[N+](=O)[O-])C2)cn1. The monoisotopic (exact) mass is 302 g/mol. The highest BCUT2D eigenvalue weighted by molar-refractivity contribution is 5.56. The summed E-state index contributed by atoms with van der Waals surface area (Å²) in [7, 11) is 1.89. The standard InChI is InChI=1S/C14H18N6O2/c1-18-10-12(8-16-18)19-7-3-4-11(9-19)17-14-13(20(21)22)5-2-6-15-14/h2,5-6,8,10-11H,3-4,7,9H2,1H3,(H,15,17)/t11-/m1/s1. The first-order valence-corrected chi connectivity index (χ1v) is 7.23. The fraction of sp³-hybridized carbons (Fsp3) is 0.429. The summed E-state index contributed by atoms with van der Waals surface area (Å²) in [4.78, 5) is 17.0. The lowest BCUT2D eigenvalue weighted by Crippen LogP contribution is -2.42. The molecule has 1 aliphatic rings. The molecule has 0 aromatic carbocycles. The number of hydrogen-bond donors (Lipinski definition) is 1. The van der Waals surface area contributed by atoms with Gasteiger partial charge in [-0.05, 0) is 18.9 Å². The van der Waals surface area contributed by atoms with Gasteiger partial charge in [-0.25, -0.2) is 4.98 Å². The van der Waals surface area contributed by atoms with E-state index in [-0.39, 0.29) is 11.7 Å². The molecule has 8 nitrogen and oxygen atoms in total. The minimum absolute atomic E-state index is 0.0148. The van der Waals surface area contributed by atoms with Crippen molar-refractivity contribution >= 4 is 17.2 Å². The van der Waals surface area contributed by atoms with Crippen molar-refractivity contribution in [3.8, 4) is 0 Å². The zero-order chi connectivity index (χ0) is 15.5. The quantitative estimate of drug-likeness (QED) is 0.684. The van der Waals surface area contributed by atoms with E-state index in [4.69, 9.17) is 0 Å². The van der Waals surface area contributed by atoms with Crippen LogP contribution in [0.4, 0.5) is 17.2 Å². The van der Waals surface area contributed by atoms with E-state index in [0.29, 0.717) is 5.82 Å². The number of aromatic nitrogens is 3. The molecule has 0 bridgehead atoms. The average Bonchev–Trinajstić information content (AvgIpc) is 2.94. The predicted octanol–water partition coefficient (Wildman–Crippen LogP) is 1.80. The molecule has 0 spiro atoms. The molecule has 1 fully saturated rings. The molecule has 3 heterocycles. The molecular formula is C14H18N6O2. The number of nitro groups is 1. The summed E-state index contributed by atoms with van der Waals surface area (Å²) in [6.45, 7) is 1.74. The number of pyridine rings is 1. The molecule has 1 atom stereocenters. The Hall–Kier alpha value is -2.64. The molecule has 3 rings (SSSR count). The van der Waals surface area contributed by atoms with Gasteiger partial charge in [-0.1, -0.05) is 0 Å². The highest BCUT2D eigenvalue weighted by Crippen LogP contribution is 2.25. The summed E-state index contributed by atoms with van der Waals surface area (Å²) in [5.41, 5.74) is 1.09. The number of hydrogen-bond acceptors (Lipinski definition) is 6. The lowest BCUT2D eigenvalue weighted by atomic mass is 10.1. The second-order valence-corrected chi connectivity index (χ2v) is 5.43. The number of nitrogens with one attached hydrogen (secondary N) is 1. The van der Waals surface area contributed by atoms with Crippen molar-refractivity contribution in [2.75, 3.05) is 23.3 Å². The van der Waals surface area contributed by atoms with Gasteiger partial charge < -0.3 is 10.2 Å². The summed E-state index contributed by atoms with van der Waals surface area (Å²) in [5.74, 6) is 0.338. The molecule has 0 amide bonds. The predicted molar refractivity (Wildman–Crippen MR) is 83.0 cm³/mol. The lowest BCUT2D eigenvalue weighted by molar-refractivity contribution is -0.384. The van der Waals surface area contributed by atoms with Crippen molar-refractivity contribution in [3.05, 3.63) is 40.8 Å². The number of piperidine rings is 1. The topological polar surface area (TPSA) is 89.1 Å². The second-order valence-electron chi connectivity index (χ2n) is 5.43. The van der Waals surface area contributed by atoms with E-state index >= 15 is 0 Å². The van der Waals surface area contributed by atoms with Crippen LogP contribution in [0, 0.1) is 10.1 Å². The second kappa shape index (κ2) is 6.00. The average molecular weight is 302 g/mol. The normalized spacial score (nSPS) is 18.2. The minimum atomic E-state index is -0.406. The molecule has 22 heavy (non-hydrogen) atoms. The molecular weight excluding hydrogens is 284 g/mol. The molecule has 1 N–H and O–H groups in total. The van der Waals surface area contributed by atoms with Crippen molar-refractivity contribution in [2.24, 2.45) is 7.05 Å². The largest absolute Gasteiger partial charge is 0.367 e. The fourth-order valence-corrected chi connectivity index (χ4v) is 2.75. The molecule has 0 saturated carbocycles. The maximum absolute atomic E-state index is 11.1. The van der Waals surface area contributed by atoms with Crippen LogP contribution in [0.2, 0.25) is 0 Å². The molecule has 1 saturated heterocycles. The third kappa shape index (κ3) is 3.00. The summed E-state index contributed by atoms with van der Waals surface area (Å²) in [5, 5.41) is 18.5. The molecule has 0 unspecified atom stereocenters. The van der Waals surface area contributed by atoms with E-state index in [1.54, 1.807) is 16.9 Å². The van der Waals surface area contributed by atoms with Gasteiger partial charge in [0.15, 0.2) is 0 Å². The van der Waals surface area contributed by atoms with Crippen LogP contribution in [0.3, 0.4) is 0 Å². The fourth-order valence-electron chi connectivity index (χ4n) is 2.75. The van der Waals surface area contributed by atoms with E-state index in [2.05, 4.69) is 20.3 Å². The highest BCUT2D eigenvalue weighted by atomic mass is 16.6. The molecule has 0 aliphatic carbocycles. The van der Waals surface area contributed by atoms with E-state index in [0.717, 1.165) is 31.6 Å². The van der Waals surface area contributed by atoms with Crippen LogP contribution >= 0.6 is 0 Å². The van der Waals surface area contributed by atoms with Crippen LogP contribution < -0.4 is 10.2 Å². The van der Waals surface area contributed by atoms with Crippen molar-refractivity contribution in [1.29, 1.82) is 0 Å². The van der Waals surface area contributed by atoms with Crippen molar-refractivity contribution in [2.45, 2.75) is 18.9 Å². The molecule has 8 heteroatoms. The maximum atomic E-state index is 11.1. The molecule has 2 aromatic heterocycles. The molecule has 1 aliphatic heterocycles. The summed E-state index contributed by atoms with van der Waals surface area (Å²) >= 11 is 0. The van der Waals surface area contributed by atoms with Gasteiger partial charge in [0.2, 0.25) is 5.82 Å². The van der Waals surface area contributed by atoms with Gasteiger partial charge in [0, 0.05) is 44.6 Å². The van der Waals surface area contributed by atoms with E-state index in [1.807, 2.05) is 19.4 Å². The van der Waals surface area contributed by atoms with Gasteiger partial charge in [-0.3, -0.25) is 14.8 Å².